The molecule has 9 heteroatoms. The van der Waals surface area contributed by atoms with Crippen molar-refractivity contribution in [2.75, 3.05) is 45.9 Å². The van der Waals surface area contributed by atoms with Gasteiger partial charge in [0, 0.05) is 38.6 Å². The van der Waals surface area contributed by atoms with E-state index in [1.54, 1.807) is 12.1 Å². The molecular weight excluding hydrogens is 384 g/mol. The van der Waals surface area contributed by atoms with Crippen LogP contribution in [0.1, 0.15) is 11.6 Å². The lowest BCUT2D eigenvalue weighted by Crippen LogP contribution is -2.47. The van der Waals surface area contributed by atoms with E-state index in [-0.39, 0.29) is 42.5 Å². The molecule has 1 aromatic rings. The first-order valence-electron chi connectivity index (χ1n) is 8.39. The number of amides is 1. The van der Waals surface area contributed by atoms with Gasteiger partial charge in [-0.1, -0.05) is 12.1 Å². The molecule has 6 nitrogen and oxygen atoms in total. The molecule has 2 heterocycles. The van der Waals surface area contributed by atoms with Crippen LogP contribution in [-0.2, 0) is 9.53 Å². The van der Waals surface area contributed by atoms with Gasteiger partial charge in [0.25, 0.3) is 0 Å². The number of nitrogens with one attached hydrogen (secondary N) is 2. The summed E-state index contributed by atoms with van der Waals surface area (Å²) < 4.78 is 19.0. The number of benzene rings is 1. The molecule has 0 bridgehead atoms. The molecule has 26 heavy (non-hydrogen) atoms. The first kappa shape index (κ1) is 23.1. The summed E-state index contributed by atoms with van der Waals surface area (Å²) in [5, 5.41) is 15.9. The van der Waals surface area contributed by atoms with Gasteiger partial charge in [-0.05, 0) is 17.7 Å². The Bertz CT molecular complexity index is 576. The Balaban J connectivity index is 0.00000169. The molecular formula is C17H26Cl2FN3O3. The number of β-amino-alcohol motifs (C(OH)–C–C–N with tert-alkyl or cyclic N) is 1. The number of nitrogens with zero attached hydrogens (tertiary/aromatic N) is 1. The lowest BCUT2D eigenvalue weighted by molar-refractivity contribution is -0.128. The molecule has 0 saturated carbocycles. The van der Waals surface area contributed by atoms with Crippen LogP contribution in [0.25, 0.3) is 0 Å². The van der Waals surface area contributed by atoms with E-state index in [2.05, 4.69) is 10.6 Å². The van der Waals surface area contributed by atoms with Crippen LogP contribution < -0.4 is 10.6 Å². The molecule has 2 saturated heterocycles. The zero-order valence-corrected chi connectivity index (χ0v) is 16.0. The second kappa shape index (κ2) is 11.0. The van der Waals surface area contributed by atoms with E-state index in [4.69, 9.17) is 4.74 Å². The summed E-state index contributed by atoms with van der Waals surface area (Å²) in [6.07, 6.45) is -0.443. The first-order valence-corrected chi connectivity index (χ1v) is 8.39. The van der Waals surface area contributed by atoms with Gasteiger partial charge >= 0.3 is 0 Å². The smallest absolute Gasteiger partial charge is 0.241 e. The van der Waals surface area contributed by atoms with Crippen LogP contribution in [0.3, 0.4) is 0 Å². The molecule has 1 aromatic carbocycles. The van der Waals surface area contributed by atoms with Crippen molar-refractivity contribution >= 4 is 30.7 Å². The van der Waals surface area contributed by atoms with Gasteiger partial charge in [-0.15, -0.1) is 24.8 Å². The number of carbonyl (C=O) groups is 1. The van der Waals surface area contributed by atoms with Crippen molar-refractivity contribution in [3.05, 3.63) is 35.6 Å². The summed E-state index contributed by atoms with van der Waals surface area (Å²) in [7, 11) is 0. The van der Waals surface area contributed by atoms with Gasteiger partial charge in [0.2, 0.25) is 5.91 Å². The van der Waals surface area contributed by atoms with Crippen molar-refractivity contribution in [3.63, 3.8) is 0 Å². The van der Waals surface area contributed by atoms with Crippen molar-refractivity contribution in [1.29, 1.82) is 0 Å². The largest absolute Gasteiger partial charge is 0.391 e. The maximum Gasteiger partial charge on any atom is 0.241 e. The zero-order chi connectivity index (χ0) is 16.9. The second-order valence-electron chi connectivity index (χ2n) is 6.34. The minimum atomic E-state index is -0.545. The molecule has 3 N–H and O–H groups in total. The number of morpholine rings is 1. The summed E-state index contributed by atoms with van der Waals surface area (Å²) in [6.45, 7) is 4.02. The molecule has 0 radical (unpaired) electrons. The molecule has 3 atom stereocenters. The summed E-state index contributed by atoms with van der Waals surface area (Å²) in [6, 6.07) is 5.63. The SMILES string of the molecule is Cl.Cl.O=C(NCC1CNCC1O)C(c1cccc(F)c1)N1CCOCC1. The Morgan fingerprint density at radius 1 is 1.35 bits per heavy atom. The van der Waals surface area contributed by atoms with Gasteiger partial charge in [0.1, 0.15) is 11.9 Å². The van der Waals surface area contributed by atoms with Crippen molar-refractivity contribution in [2.45, 2.75) is 12.1 Å². The fraction of sp³-hybridized carbons (Fsp3) is 0.588. The normalized spacial score (nSPS) is 24.2. The molecule has 2 aliphatic heterocycles. The third-order valence-electron chi connectivity index (χ3n) is 4.67. The maximum atomic E-state index is 13.6. The lowest BCUT2D eigenvalue weighted by Gasteiger charge is -2.34. The quantitative estimate of drug-likeness (QED) is 0.668. The predicted octanol–water partition coefficient (Wildman–Crippen LogP) is 0.739. The second-order valence-corrected chi connectivity index (χ2v) is 6.34. The van der Waals surface area contributed by atoms with Gasteiger partial charge < -0.3 is 20.5 Å². The van der Waals surface area contributed by atoms with Crippen LogP contribution in [0.15, 0.2) is 24.3 Å². The summed E-state index contributed by atoms with van der Waals surface area (Å²) in [4.78, 5) is 14.8. The fourth-order valence-electron chi connectivity index (χ4n) is 3.30. The van der Waals surface area contributed by atoms with Gasteiger partial charge in [-0.3, -0.25) is 9.69 Å². The van der Waals surface area contributed by atoms with Crippen LogP contribution in [0.4, 0.5) is 4.39 Å². The molecule has 2 aliphatic rings. The van der Waals surface area contributed by atoms with E-state index >= 15 is 0 Å². The predicted molar refractivity (Wildman–Crippen MR) is 101 cm³/mol. The Morgan fingerprint density at radius 2 is 2.08 bits per heavy atom. The minimum Gasteiger partial charge on any atom is -0.391 e. The van der Waals surface area contributed by atoms with Gasteiger partial charge in [-0.25, -0.2) is 4.39 Å². The molecule has 3 unspecified atom stereocenters. The van der Waals surface area contributed by atoms with Gasteiger partial charge in [0.05, 0.1) is 19.3 Å². The Kier molecular flexibility index (Phi) is 9.78. The molecule has 1 amide bonds. The van der Waals surface area contributed by atoms with Gasteiger partial charge in [0.15, 0.2) is 0 Å². The third kappa shape index (κ3) is 5.77. The van der Waals surface area contributed by atoms with Crippen molar-refractivity contribution in [1.82, 2.24) is 15.5 Å². The number of rotatable bonds is 5. The summed E-state index contributed by atoms with van der Waals surface area (Å²) >= 11 is 0. The van der Waals surface area contributed by atoms with E-state index in [1.165, 1.54) is 12.1 Å². The molecule has 0 spiro atoms. The van der Waals surface area contributed by atoms with Crippen LogP contribution >= 0.6 is 24.8 Å². The van der Waals surface area contributed by atoms with E-state index in [9.17, 15) is 14.3 Å². The topological polar surface area (TPSA) is 73.8 Å². The Labute approximate surface area is 165 Å². The first-order chi connectivity index (χ1) is 11.6. The molecule has 2 fully saturated rings. The zero-order valence-electron chi connectivity index (χ0n) is 14.4. The van der Waals surface area contributed by atoms with Crippen molar-refractivity contribution in [3.8, 4) is 0 Å². The summed E-state index contributed by atoms with van der Waals surface area (Å²) in [5.41, 5.74) is 0.638. The van der Waals surface area contributed by atoms with E-state index in [0.717, 1.165) is 0 Å². The Morgan fingerprint density at radius 3 is 2.69 bits per heavy atom. The van der Waals surface area contributed by atoms with E-state index in [0.29, 0.717) is 51.5 Å². The molecule has 148 valence electrons. The van der Waals surface area contributed by atoms with Crippen molar-refractivity contribution in [2.24, 2.45) is 5.92 Å². The maximum absolute atomic E-state index is 13.6. The monoisotopic (exact) mass is 409 g/mol. The third-order valence-corrected chi connectivity index (χ3v) is 4.67. The molecule has 3 rings (SSSR count). The standard InChI is InChI=1S/C17H24FN3O3.2ClH/c18-14-3-1-2-12(8-14)16(21-4-6-24-7-5-21)17(23)20-10-13-9-19-11-15(13)22;;/h1-3,8,13,15-16,19,22H,4-7,9-11H2,(H,20,23);2*1H. The van der Waals surface area contributed by atoms with Crippen LogP contribution in [-0.4, -0.2) is 68.0 Å². The average Bonchev–Trinajstić information content (AvgIpc) is 2.99. The molecule has 0 aliphatic carbocycles. The minimum absolute atomic E-state index is 0. The number of ether oxygens (including phenoxy) is 1. The molecule has 0 aromatic heterocycles. The van der Waals surface area contributed by atoms with Crippen LogP contribution in [0, 0.1) is 11.7 Å². The Hall–Kier alpha value is -0.960. The highest BCUT2D eigenvalue weighted by Crippen LogP contribution is 2.23. The van der Waals surface area contributed by atoms with Crippen molar-refractivity contribution < 1.29 is 19.0 Å². The highest BCUT2D eigenvalue weighted by Gasteiger charge is 2.31. The van der Waals surface area contributed by atoms with Crippen LogP contribution in [0.2, 0.25) is 0 Å². The lowest BCUT2D eigenvalue weighted by atomic mass is 10.0. The van der Waals surface area contributed by atoms with Crippen LogP contribution in [0.5, 0.6) is 0 Å². The van der Waals surface area contributed by atoms with E-state index in [1.807, 2.05) is 4.90 Å². The number of hydrogen-bond donors (Lipinski definition) is 3. The number of hydrogen-bond acceptors (Lipinski definition) is 5. The average molecular weight is 410 g/mol. The van der Waals surface area contributed by atoms with Gasteiger partial charge in [-0.2, -0.15) is 0 Å². The highest BCUT2D eigenvalue weighted by atomic mass is 35.5. The summed E-state index contributed by atoms with van der Waals surface area (Å²) in [5.74, 6) is -0.512. The number of aliphatic hydroxyl groups excluding tert-OH is 1. The number of halogens is 3. The highest BCUT2D eigenvalue weighted by molar-refractivity contribution is 5.85. The number of aliphatic hydroxyl groups is 1. The fourth-order valence-corrected chi connectivity index (χ4v) is 3.30. The number of carbonyl (C=O) groups excluding carboxylic acids is 1. The van der Waals surface area contributed by atoms with E-state index < -0.39 is 12.1 Å².